The molecule has 0 aromatic heterocycles. The van der Waals surface area contributed by atoms with Crippen LogP contribution in [0, 0.1) is 25.6 Å². The Morgan fingerprint density at radius 3 is 2.05 bits per heavy atom. The average Bonchev–Trinajstić information content (AvgIpc) is 2.96. The zero-order chi connectivity index (χ0) is 31.9. The van der Waals surface area contributed by atoms with Gasteiger partial charge in [0.15, 0.2) is 11.5 Å². The van der Waals surface area contributed by atoms with Gasteiger partial charge in [0.2, 0.25) is 11.8 Å². The van der Waals surface area contributed by atoms with Crippen molar-refractivity contribution < 1.29 is 31.9 Å². The highest BCUT2D eigenvalue weighted by Gasteiger charge is 2.33. The predicted octanol–water partition coefficient (Wildman–Crippen LogP) is 4.84. The van der Waals surface area contributed by atoms with Gasteiger partial charge in [-0.2, -0.15) is 0 Å². The highest BCUT2D eigenvalue weighted by molar-refractivity contribution is 7.92. The van der Waals surface area contributed by atoms with Crippen LogP contribution in [0.1, 0.15) is 37.5 Å². The second-order valence-corrected chi connectivity index (χ2v) is 12.7. The first-order valence-corrected chi connectivity index (χ1v) is 15.4. The summed E-state index contributed by atoms with van der Waals surface area (Å²) in [5, 5.41) is 2.84. The van der Waals surface area contributed by atoms with E-state index in [1.165, 1.54) is 61.6 Å². The first-order valence-electron chi connectivity index (χ1n) is 13.9. The summed E-state index contributed by atoms with van der Waals surface area (Å²) in [5.41, 5.74) is 2.48. The average molecular weight is 614 g/mol. The molecule has 0 heterocycles. The van der Waals surface area contributed by atoms with Crippen molar-refractivity contribution in [2.24, 2.45) is 5.92 Å². The van der Waals surface area contributed by atoms with Crippen molar-refractivity contribution in [1.29, 1.82) is 0 Å². The van der Waals surface area contributed by atoms with E-state index in [0.717, 1.165) is 15.4 Å². The largest absolute Gasteiger partial charge is 0.493 e. The third kappa shape index (κ3) is 8.47. The molecule has 0 aliphatic carbocycles. The number of nitrogens with one attached hydrogen (secondary N) is 1. The fourth-order valence-electron chi connectivity index (χ4n) is 4.55. The third-order valence-corrected chi connectivity index (χ3v) is 8.60. The number of methoxy groups -OCH3 is 2. The molecular formula is C32H40FN3O6S. The smallest absolute Gasteiger partial charge is 0.264 e. The Labute approximate surface area is 253 Å². The summed E-state index contributed by atoms with van der Waals surface area (Å²) in [6, 6.07) is 14.1. The molecule has 0 unspecified atom stereocenters. The number of nitrogens with zero attached hydrogens (tertiary/aromatic N) is 2. The summed E-state index contributed by atoms with van der Waals surface area (Å²) in [6.07, 6.45) is 0. The van der Waals surface area contributed by atoms with Gasteiger partial charge < -0.3 is 19.7 Å². The van der Waals surface area contributed by atoms with Gasteiger partial charge in [-0.1, -0.05) is 32.0 Å². The van der Waals surface area contributed by atoms with Crippen LogP contribution >= 0.6 is 0 Å². The monoisotopic (exact) mass is 613 g/mol. The first kappa shape index (κ1) is 33.4. The molecule has 1 atom stereocenters. The topological polar surface area (TPSA) is 105 Å². The van der Waals surface area contributed by atoms with Crippen LogP contribution in [-0.4, -0.2) is 58.5 Å². The molecule has 0 saturated carbocycles. The maximum absolute atomic E-state index is 14.2. The fraction of sp³-hybridized carbons (Fsp3) is 0.375. The maximum Gasteiger partial charge on any atom is 0.264 e. The lowest BCUT2D eigenvalue weighted by Crippen LogP contribution is -2.51. The minimum atomic E-state index is -4.32. The standard InChI is InChI=1S/C32H40FN3O6S/c1-21(2)18-34-32(38)24(5)35(19-25-8-10-26(33)11-9-25)31(37)20-36(27-15-22(3)14-23(4)16-27)43(39,40)28-12-13-29(41-6)30(17-28)42-7/h8-17,21,24H,18-20H2,1-7H3,(H,34,38)/t24-/m0/s1. The second kappa shape index (κ2) is 14.4. The number of hydrogen-bond acceptors (Lipinski definition) is 6. The Hall–Kier alpha value is -4.12. The molecule has 0 aliphatic heterocycles. The van der Waals surface area contributed by atoms with E-state index in [-0.39, 0.29) is 29.0 Å². The molecule has 9 nitrogen and oxygen atoms in total. The van der Waals surface area contributed by atoms with Gasteiger partial charge in [-0.3, -0.25) is 13.9 Å². The fourth-order valence-corrected chi connectivity index (χ4v) is 5.96. The number of carbonyl (C=O) groups is 2. The molecule has 0 radical (unpaired) electrons. The number of hydrogen-bond donors (Lipinski definition) is 1. The lowest BCUT2D eigenvalue weighted by molar-refractivity contribution is -0.139. The lowest BCUT2D eigenvalue weighted by Gasteiger charge is -2.32. The highest BCUT2D eigenvalue weighted by Crippen LogP contribution is 2.33. The van der Waals surface area contributed by atoms with Crippen LogP contribution < -0.4 is 19.1 Å². The number of halogens is 1. The molecule has 3 aromatic carbocycles. The van der Waals surface area contributed by atoms with Crippen LogP contribution in [0.5, 0.6) is 11.5 Å². The number of sulfonamides is 1. The van der Waals surface area contributed by atoms with Crippen molar-refractivity contribution in [3.8, 4) is 11.5 Å². The predicted molar refractivity (Wildman–Crippen MR) is 164 cm³/mol. The van der Waals surface area contributed by atoms with E-state index in [2.05, 4.69) is 5.32 Å². The highest BCUT2D eigenvalue weighted by atomic mass is 32.2. The van der Waals surface area contributed by atoms with Crippen LogP contribution in [-0.2, 0) is 26.2 Å². The van der Waals surface area contributed by atoms with Gasteiger partial charge in [-0.15, -0.1) is 0 Å². The number of aryl methyl sites for hydroxylation is 2. The van der Waals surface area contributed by atoms with Crippen molar-refractivity contribution in [2.45, 2.75) is 52.1 Å². The van der Waals surface area contributed by atoms with Gasteiger partial charge in [0.05, 0.1) is 24.8 Å². The zero-order valence-electron chi connectivity index (χ0n) is 25.7. The summed E-state index contributed by atoms with van der Waals surface area (Å²) in [7, 11) is -1.47. The van der Waals surface area contributed by atoms with Crippen LogP contribution in [0.15, 0.2) is 65.6 Å². The van der Waals surface area contributed by atoms with Crippen molar-refractivity contribution in [1.82, 2.24) is 10.2 Å². The zero-order valence-corrected chi connectivity index (χ0v) is 26.5. The molecule has 0 aliphatic rings. The lowest BCUT2D eigenvalue weighted by atomic mass is 10.1. The van der Waals surface area contributed by atoms with E-state index < -0.39 is 34.3 Å². The van der Waals surface area contributed by atoms with Gasteiger partial charge in [-0.25, -0.2) is 12.8 Å². The second-order valence-electron chi connectivity index (χ2n) is 10.8. The molecule has 0 spiro atoms. The summed E-state index contributed by atoms with van der Waals surface area (Å²) >= 11 is 0. The molecule has 43 heavy (non-hydrogen) atoms. The van der Waals surface area contributed by atoms with Crippen molar-refractivity contribution >= 4 is 27.5 Å². The number of ether oxygens (including phenoxy) is 2. The van der Waals surface area contributed by atoms with E-state index in [1.807, 2.05) is 33.8 Å². The first-order chi connectivity index (χ1) is 20.3. The molecule has 232 valence electrons. The van der Waals surface area contributed by atoms with E-state index in [1.54, 1.807) is 19.1 Å². The van der Waals surface area contributed by atoms with Crippen molar-refractivity contribution in [2.75, 3.05) is 31.6 Å². The molecule has 1 N–H and O–H groups in total. The summed E-state index contributed by atoms with van der Waals surface area (Å²) in [6.45, 7) is 8.93. The van der Waals surface area contributed by atoms with Crippen molar-refractivity contribution in [3.05, 3.63) is 83.2 Å². The van der Waals surface area contributed by atoms with Gasteiger partial charge in [0.25, 0.3) is 10.0 Å². The summed E-state index contributed by atoms with van der Waals surface area (Å²) in [4.78, 5) is 28.4. The number of benzene rings is 3. The molecule has 3 aromatic rings. The van der Waals surface area contributed by atoms with Gasteiger partial charge in [0, 0.05) is 19.2 Å². The van der Waals surface area contributed by atoms with Gasteiger partial charge in [-0.05, 0) is 79.8 Å². The Kier molecular flexibility index (Phi) is 11.2. The van der Waals surface area contributed by atoms with Crippen LogP contribution in [0.25, 0.3) is 0 Å². The SMILES string of the molecule is COc1ccc(S(=O)(=O)N(CC(=O)N(Cc2ccc(F)cc2)[C@@H](C)C(=O)NCC(C)C)c2cc(C)cc(C)c2)cc1OC. The number of rotatable bonds is 13. The van der Waals surface area contributed by atoms with E-state index in [0.29, 0.717) is 23.5 Å². The number of carbonyl (C=O) groups excluding carboxylic acids is 2. The number of anilines is 1. The molecule has 0 bridgehead atoms. The normalized spacial score (nSPS) is 12.0. The molecule has 2 amide bonds. The Morgan fingerprint density at radius 2 is 1.49 bits per heavy atom. The van der Waals surface area contributed by atoms with E-state index in [4.69, 9.17) is 9.47 Å². The molecule has 0 saturated heterocycles. The van der Waals surface area contributed by atoms with Crippen LogP contribution in [0.2, 0.25) is 0 Å². The quantitative estimate of drug-likeness (QED) is 0.296. The minimum Gasteiger partial charge on any atom is -0.493 e. The minimum absolute atomic E-state index is 0.0352. The molecule has 0 fully saturated rings. The van der Waals surface area contributed by atoms with E-state index in [9.17, 15) is 22.4 Å². The van der Waals surface area contributed by atoms with Crippen LogP contribution in [0.4, 0.5) is 10.1 Å². The summed E-state index contributed by atoms with van der Waals surface area (Å²) < 4.78 is 53.7. The summed E-state index contributed by atoms with van der Waals surface area (Å²) in [5.74, 6) is -0.689. The van der Waals surface area contributed by atoms with Crippen LogP contribution in [0.3, 0.4) is 0 Å². The molecule has 3 rings (SSSR count). The van der Waals surface area contributed by atoms with E-state index >= 15 is 0 Å². The van der Waals surface area contributed by atoms with Gasteiger partial charge >= 0.3 is 0 Å². The number of amides is 2. The Balaban J connectivity index is 2.09. The van der Waals surface area contributed by atoms with Gasteiger partial charge in [0.1, 0.15) is 18.4 Å². The maximum atomic E-state index is 14.2. The van der Waals surface area contributed by atoms with Crippen molar-refractivity contribution in [3.63, 3.8) is 0 Å². The Morgan fingerprint density at radius 1 is 0.884 bits per heavy atom. The Bertz CT molecular complexity index is 1520. The molecular weight excluding hydrogens is 573 g/mol. The molecule has 11 heteroatoms. The third-order valence-electron chi connectivity index (χ3n) is 6.83.